The maximum atomic E-state index is 13.8. The Morgan fingerprint density at radius 1 is 1.33 bits per heavy atom. The number of ether oxygens (including phenoxy) is 1. The second-order valence-corrected chi connectivity index (χ2v) is 5.49. The van der Waals surface area contributed by atoms with Crippen molar-refractivity contribution in [2.75, 3.05) is 13.7 Å². The van der Waals surface area contributed by atoms with Crippen LogP contribution in [0.4, 0.5) is 4.39 Å². The fourth-order valence-electron chi connectivity index (χ4n) is 2.64. The summed E-state index contributed by atoms with van der Waals surface area (Å²) in [6.45, 7) is 0.457. The van der Waals surface area contributed by atoms with Gasteiger partial charge in [0.05, 0.1) is 0 Å². The number of halogens is 1. The molecule has 1 amide bonds. The second kappa shape index (κ2) is 7.98. The number of amides is 1. The third-order valence-corrected chi connectivity index (χ3v) is 3.71. The molecule has 2 rings (SSSR count). The van der Waals surface area contributed by atoms with E-state index in [-0.39, 0.29) is 24.3 Å². The molecule has 0 aliphatic heterocycles. The summed E-state index contributed by atoms with van der Waals surface area (Å²) >= 11 is 0. The van der Waals surface area contributed by atoms with Crippen LogP contribution < -0.4 is 15.4 Å². The van der Waals surface area contributed by atoms with Gasteiger partial charge in [-0.1, -0.05) is 25.3 Å². The average molecular weight is 294 g/mol. The molecule has 0 radical (unpaired) electrons. The number of rotatable bonds is 6. The lowest BCUT2D eigenvalue weighted by Gasteiger charge is -2.22. The van der Waals surface area contributed by atoms with E-state index in [1.165, 1.54) is 12.5 Å². The minimum absolute atomic E-state index is 0.119. The van der Waals surface area contributed by atoms with Crippen molar-refractivity contribution in [1.29, 1.82) is 0 Å². The Bertz CT molecular complexity index is 473. The highest BCUT2D eigenvalue weighted by Gasteiger charge is 2.16. The summed E-state index contributed by atoms with van der Waals surface area (Å²) in [5.41, 5.74) is 0.842. The van der Waals surface area contributed by atoms with Crippen LogP contribution in [0.15, 0.2) is 18.2 Å². The molecule has 1 aliphatic carbocycles. The minimum atomic E-state index is -0.437. The van der Waals surface area contributed by atoms with Crippen LogP contribution in [0, 0.1) is 5.82 Å². The summed E-state index contributed by atoms with van der Waals surface area (Å²) in [4.78, 5) is 11.8. The van der Waals surface area contributed by atoms with Gasteiger partial charge in [0, 0.05) is 12.6 Å². The average Bonchev–Trinajstić information content (AvgIpc) is 2.48. The summed E-state index contributed by atoms with van der Waals surface area (Å²) < 4.78 is 19.1. The normalized spacial score (nSPS) is 15.7. The van der Waals surface area contributed by atoms with Crippen LogP contribution in [0.25, 0.3) is 0 Å². The molecule has 0 bridgehead atoms. The Labute approximate surface area is 125 Å². The smallest absolute Gasteiger partial charge is 0.258 e. The molecule has 0 aromatic heterocycles. The minimum Gasteiger partial charge on any atom is -0.481 e. The Balaban J connectivity index is 1.80. The highest BCUT2D eigenvalue weighted by Crippen LogP contribution is 2.19. The molecule has 0 saturated heterocycles. The van der Waals surface area contributed by atoms with Crippen LogP contribution in [0.2, 0.25) is 0 Å². The van der Waals surface area contributed by atoms with Crippen molar-refractivity contribution >= 4 is 5.91 Å². The lowest BCUT2D eigenvalue weighted by Crippen LogP contribution is -2.39. The Morgan fingerprint density at radius 2 is 2.10 bits per heavy atom. The molecule has 5 heteroatoms. The third kappa shape index (κ3) is 5.01. The van der Waals surface area contributed by atoms with E-state index < -0.39 is 5.82 Å². The Hall–Kier alpha value is -1.62. The fraction of sp³-hybridized carbons (Fsp3) is 0.562. The van der Waals surface area contributed by atoms with E-state index in [0.29, 0.717) is 6.54 Å². The topological polar surface area (TPSA) is 50.4 Å². The zero-order chi connectivity index (χ0) is 15.1. The van der Waals surface area contributed by atoms with E-state index in [4.69, 9.17) is 4.74 Å². The molecule has 21 heavy (non-hydrogen) atoms. The maximum absolute atomic E-state index is 13.8. The first-order chi connectivity index (χ1) is 10.2. The van der Waals surface area contributed by atoms with Gasteiger partial charge in [-0.15, -0.1) is 0 Å². The van der Waals surface area contributed by atoms with Crippen molar-refractivity contribution in [2.24, 2.45) is 0 Å². The Kier molecular flexibility index (Phi) is 5.99. The zero-order valence-corrected chi connectivity index (χ0v) is 12.5. The van der Waals surface area contributed by atoms with Gasteiger partial charge in [0.15, 0.2) is 18.2 Å². The van der Waals surface area contributed by atoms with Crippen LogP contribution in [0.5, 0.6) is 5.75 Å². The molecule has 0 unspecified atom stereocenters. The van der Waals surface area contributed by atoms with E-state index >= 15 is 0 Å². The maximum Gasteiger partial charge on any atom is 0.258 e. The second-order valence-electron chi connectivity index (χ2n) is 5.49. The quantitative estimate of drug-likeness (QED) is 0.847. The Morgan fingerprint density at radius 3 is 2.76 bits per heavy atom. The predicted molar refractivity (Wildman–Crippen MR) is 79.7 cm³/mol. The van der Waals surface area contributed by atoms with Gasteiger partial charge in [0.25, 0.3) is 5.91 Å². The SMILES string of the molecule is CNCc1ccc(OCC(=O)NC2CCCCC2)c(F)c1. The third-order valence-electron chi connectivity index (χ3n) is 3.71. The first-order valence-corrected chi connectivity index (χ1v) is 7.54. The summed E-state index contributed by atoms with van der Waals surface area (Å²) in [7, 11) is 1.80. The summed E-state index contributed by atoms with van der Waals surface area (Å²) in [5, 5.41) is 5.90. The highest BCUT2D eigenvalue weighted by atomic mass is 19.1. The van der Waals surface area contributed by atoms with E-state index in [2.05, 4.69) is 10.6 Å². The lowest BCUT2D eigenvalue weighted by molar-refractivity contribution is -0.124. The van der Waals surface area contributed by atoms with Gasteiger partial charge in [0.2, 0.25) is 0 Å². The van der Waals surface area contributed by atoms with Gasteiger partial charge in [-0.05, 0) is 37.6 Å². The highest BCUT2D eigenvalue weighted by molar-refractivity contribution is 5.77. The molecule has 2 N–H and O–H groups in total. The molecule has 116 valence electrons. The largest absolute Gasteiger partial charge is 0.481 e. The summed E-state index contributed by atoms with van der Waals surface area (Å²) in [5.74, 6) is -0.498. The molecule has 0 spiro atoms. The van der Waals surface area contributed by atoms with Gasteiger partial charge in [0.1, 0.15) is 0 Å². The fourth-order valence-corrected chi connectivity index (χ4v) is 2.64. The number of carbonyl (C=O) groups is 1. The molecular formula is C16H23FN2O2. The van der Waals surface area contributed by atoms with E-state index in [1.807, 2.05) is 0 Å². The van der Waals surface area contributed by atoms with Gasteiger partial charge in [-0.3, -0.25) is 4.79 Å². The van der Waals surface area contributed by atoms with Gasteiger partial charge in [-0.25, -0.2) is 4.39 Å². The van der Waals surface area contributed by atoms with E-state index in [9.17, 15) is 9.18 Å². The van der Waals surface area contributed by atoms with Crippen molar-refractivity contribution in [3.8, 4) is 5.75 Å². The van der Waals surface area contributed by atoms with Crippen molar-refractivity contribution in [1.82, 2.24) is 10.6 Å². The standard InChI is InChI=1S/C16H23FN2O2/c1-18-10-12-7-8-15(14(17)9-12)21-11-16(20)19-13-5-3-2-4-6-13/h7-9,13,18H,2-6,10-11H2,1H3,(H,19,20). The van der Waals surface area contributed by atoms with Crippen LogP contribution in [0.3, 0.4) is 0 Å². The molecule has 0 atom stereocenters. The molecular weight excluding hydrogens is 271 g/mol. The number of benzene rings is 1. The van der Waals surface area contributed by atoms with Crippen LogP contribution >= 0.6 is 0 Å². The number of nitrogens with one attached hydrogen (secondary N) is 2. The monoisotopic (exact) mass is 294 g/mol. The molecule has 1 aromatic carbocycles. The summed E-state index contributed by atoms with van der Waals surface area (Å²) in [6, 6.07) is 5.02. The molecule has 4 nitrogen and oxygen atoms in total. The van der Waals surface area contributed by atoms with Crippen molar-refractivity contribution < 1.29 is 13.9 Å². The van der Waals surface area contributed by atoms with Crippen LogP contribution in [-0.2, 0) is 11.3 Å². The number of carbonyl (C=O) groups excluding carboxylic acids is 1. The number of hydrogen-bond donors (Lipinski definition) is 2. The molecule has 0 heterocycles. The lowest BCUT2D eigenvalue weighted by atomic mass is 9.95. The van der Waals surface area contributed by atoms with Gasteiger partial charge >= 0.3 is 0 Å². The van der Waals surface area contributed by atoms with Gasteiger partial charge < -0.3 is 15.4 Å². The predicted octanol–water partition coefficient (Wildman–Crippen LogP) is 2.37. The molecule has 1 aliphatic rings. The molecule has 1 aromatic rings. The van der Waals surface area contributed by atoms with Crippen molar-refractivity contribution in [3.63, 3.8) is 0 Å². The van der Waals surface area contributed by atoms with Crippen molar-refractivity contribution in [3.05, 3.63) is 29.6 Å². The first-order valence-electron chi connectivity index (χ1n) is 7.54. The summed E-state index contributed by atoms with van der Waals surface area (Å²) in [6.07, 6.45) is 5.62. The van der Waals surface area contributed by atoms with Crippen molar-refractivity contribution in [2.45, 2.75) is 44.7 Å². The molecule has 1 fully saturated rings. The van der Waals surface area contributed by atoms with Crippen LogP contribution in [0.1, 0.15) is 37.7 Å². The number of hydrogen-bond acceptors (Lipinski definition) is 3. The van der Waals surface area contributed by atoms with E-state index in [0.717, 1.165) is 31.2 Å². The van der Waals surface area contributed by atoms with Gasteiger partial charge in [-0.2, -0.15) is 0 Å². The van der Waals surface area contributed by atoms with E-state index in [1.54, 1.807) is 19.2 Å². The first kappa shape index (κ1) is 15.8. The van der Waals surface area contributed by atoms with Crippen LogP contribution in [-0.4, -0.2) is 25.6 Å². The molecule has 1 saturated carbocycles. The zero-order valence-electron chi connectivity index (χ0n) is 12.5.